The Labute approximate surface area is 197 Å². The minimum atomic E-state index is -3.80. The zero-order chi connectivity index (χ0) is 23.4. The minimum Gasteiger partial charge on any atom is -0.379 e. The van der Waals surface area contributed by atoms with Crippen LogP contribution in [0.4, 0.5) is 5.69 Å². The first-order chi connectivity index (χ1) is 15.8. The number of carbonyl (C=O) groups excluding carboxylic acids is 2. The monoisotopic (exact) mass is 489 g/mol. The minimum absolute atomic E-state index is 0.0621. The van der Waals surface area contributed by atoms with Gasteiger partial charge in [0.2, 0.25) is 15.9 Å². The Kier molecular flexibility index (Phi) is 7.14. The lowest BCUT2D eigenvalue weighted by Gasteiger charge is -2.26. The van der Waals surface area contributed by atoms with Crippen LogP contribution in [0, 0.1) is 0 Å². The first-order valence-electron chi connectivity index (χ1n) is 10.6. The number of amides is 2. The smallest absolute Gasteiger partial charge is 0.251 e. The van der Waals surface area contributed by atoms with Crippen molar-refractivity contribution in [3.8, 4) is 0 Å². The molecule has 1 saturated carbocycles. The second kappa shape index (κ2) is 10.0. The molecule has 0 spiro atoms. The first kappa shape index (κ1) is 23.4. The van der Waals surface area contributed by atoms with Gasteiger partial charge in [-0.2, -0.15) is 4.31 Å². The van der Waals surface area contributed by atoms with E-state index in [9.17, 15) is 18.0 Å². The summed E-state index contributed by atoms with van der Waals surface area (Å²) in [4.78, 5) is 24.3. The summed E-state index contributed by atoms with van der Waals surface area (Å²) in [5.41, 5.74) is 1.63. The van der Waals surface area contributed by atoms with Gasteiger partial charge in [-0.15, -0.1) is 0 Å². The van der Waals surface area contributed by atoms with Crippen LogP contribution in [0.15, 0.2) is 53.4 Å². The Bertz CT molecular complexity index is 1170. The highest BCUT2D eigenvalue weighted by atomic mass is 35.5. The molecule has 2 aromatic carbocycles. The molecule has 2 fully saturated rings. The van der Waals surface area contributed by atoms with Crippen molar-refractivity contribution in [3.63, 3.8) is 0 Å². The average molecular weight is 490 g/mol. The van der Waals surface area contributed by atoms with Crippen LogP contribution in [0.25, 0.3) is 6.08 Å². The van der Waals surface area contributed by atoms with Crippen LogP contribution in [0.1, 0.15) is 28.8 Å². The zero-order valence-corrected chi connectivity index (χ0v) is 19.4. The summed E-state index contributed by atoms with van der Waals surface area (Å²) in [7, 11) is -3.80. The van der Waals surface area contributed by atoms with Crippen LogP contribution < -0.4 is 10.6 Å². The molecule has 1 aliphatic carbocycles. The third-order valence-electron chi connectivity index (χ3n) is 5.30. The number of benzene rings is 2. The fourth-order valence-corrected chi connectivity index (χ4v) is 5.21. The van der Waals surface area contributed by atoms with Gasteiger partial charge in [-0.25, -0.2) is 8.42 Å². The van der Waals surface area contributed by atoms with E-state index in [2.05, 4.69) is 10.6 Å². The molecule has 0 bridgehead atoms. The fourth-order valence-electron chi connectivity index (χ4n) is 3.30. The van der Waals surface area contributed by atoms with Crippen molar-refractivity contribution < 1.29 is 22.7 Å². The standard InChI is InChI=1S/C23H24ClN3O5S/c24-20-9-8-19(15-21(20)33(30,31)27-11-13-32-14-12-27)25-22(28)10-3-16-1-4-17(5-2-16)23(29)26-18-6-7-18/h1-5,8-10,15,18H,6-7,11-14H2,(H,25,28)(H,26,29)/b10-3+. The molecule has 1 aliphatic heterocycles. The van der Waals surface area contributed by atoms with Gasteiger partial charge in [-0.05, 0) is 54.8 Å². The quantitative estimate of drug-likeness (QED) is 0.582. The molecular weight excluding hydrogens is 466 g/mol. The van der Waals surface area contributed by atoms with E-state index in [-0.39, 0.29) is 35.0 Å². The van der Waals surface area contributed by atoms with E-state index in [1.807, 2.05) is 0 Å². The van der Waals surface area contributed by atoms with E-state index in [0.29, 0.717) is 24.5 Å². The van der Waals surface area contributed by atoms with Crippen LogP contribution in [0.5, 0.6) is 0 Å². The first-order valence-corrected chi connectivity index (χ1v) is 12.4. The SMILES string of the molecule is O=C(/C=C/c1ccc(C(=O)NC2CC2)cc1)Nc1ccc(Cl)c(S(=O)(=O)N2CCOCC2)c1. The predicted molar refractivity (Wildman–Crippen MR) is 126 cm³/mol. The molecule has 0 unspecified atom stereocenters. The van der Waals surface area contributed by atoms with E-state index < -0.39 is 15.9 Å². The van der Waals surface area contributed by atoms with Crippen molar-refractivity contribution in [2.24, 2.45) is 0 Å². The highest BCUT2D eigenvalue weighted by molar-refractivity contribution is 7.89. The molecule has 10 heteroatoms. The van der Waals surface area contributed by atoms with Gasteiger partial charge in [0.1, 0.15) is 4.90 Å². The van der Waals surface area contributed by atoms with Crippen molar-refractivity contribution in [1.29, 1.82) is 0 Å². The van der Waals surface area contributed by atoms with E-state index in [4.69, 9.17) is 16.3 Å². The topological polar surface area (TPSA) is 105 Å². The van der Waals surface area contributed by atoms with E-state index in [0.717, 1.165) is 18.4 Å². The third-order valence-corrected chi connectivity index (χ3v) is 7.68. The van der Waals surface area contributed by atoms with E-state index >= 15 is 0 Å². The molecule has 174 valence electrons. The van der Waals surface area contributed by atoms with Crippen molar-refractivity contribution in [3.05, 3.63) is 64.7 Å². The molecule has 2 aliphatic rings. The van der Waals surface area contributed by atoms with Crippen molar-refractivity contribution in [1.82, 2.24) is 9.62 Å². The Morgan fingerprint density at radius 3 is 2.42 bits per heavy atom. The van der Waals surface area contributed by atoms with Crippen LogP contribution in [0.3, 0.4) is 0 Å². The lowest BCUT2D eigenvalue weighted by molar-refractivity contribution is -0.111. The summed E-state index contributed by atoms with van der Waals surface area (Å²) in [6.07, 6.45) is 5.00. The molecule has 1 heterocycles. The summed E-state index contributed by atoms with van der Waals surface area (Å²) in [5.74, 6) is -0.529. The number of nitrogens with one attached hydrogen (secondary N) is 2. The van der Waals surface area contributed by atoms with Gasteiger partial charge in [0.15, 0.2) is 0 Å². The lowest BCUT2D eigenvalue weighted by atomic mass is 10.1. The van der Waals surface area contributed by atoms with Gasteiger partial charge in [-0.3, -0.25) is 9.59 Å². The Hall–Kier alpha value is -2.72. The molecule has 0 aromatic heterocycles. The summed E-state index contributed by atoms with van der Waals surface area (Å²) in [6.45, 7) is 1.15. The molecule has 0 radical (unpaired) electrons. The molecule has 4 rings (SSSR count). The Balaban J connectivity index is 1.40. The predicted octanol–water partition coefficient (Wildman–Crippen LogP) is 2.91. The number of ether oxygens (including phenoxy) is 1. The van der Waals surface area contributed by atoms with Gasteiger partial charge in [0.25, 0.3) is 5.91 Å². The number of nitrogens with zero attached hydrogens (tertiary/aromatic N) is 1. The number of carbonyl (C=O) groups is 2. The number of hydrogen-bond donors (Lipinski definition) is 2. The Morgan fingerprint density at radius 1 is 1.06 bits per heavy atom. The maximum Gasteiger partial charge on any atom is 0.251 e. The summed E-state index contributed by atoms with van der Waals surface area (Å²) in [5, 5.41) is 5.67. The molecule has 8 nitrogen and oxygen atoms in total. The maximum atomic E-state index is 12.9. The van der Waals surface area contributed by atoms with Crippen LogP contribution >= 0.6 is 11.6 Å². The maximum absolute atomic E-state index is 12.9. The lowest BCUT2D eigenvalue weighted by Crippen LogP contribution is -2.40. The van der Waals surface area contributed by atoms with E-state index in [1.54, 1.807) is 36.4 Å². The largest absolute Gasteiger partial charge is 0.379 e. The summed E-state index contributed by atoms with van der Waals surface area (Å²) in [6, 6.07) is 11.5. The van der Waals surface area contributed by atoms with Crippen molar-refractivity contribution >= 4 is 45.2 Å². The number of rotatable bonds is 7. The second-order valence-electron chi connectivity index (χ2n) is 7.85. The van der Waals surface area contributed by atoms with Gasteiger partial charge < -0.3 is 15.4 Å². The normalized spacial score (nSPS) is 17.1. The second-order valence-corrected chi connectivity index (χ2v) is 10.2. The molecule has 33 heavy (non-hydrogen) atoms. The summed E-state index contributed by atoms with van der Waals surface area (Å²) >= 11 is 6.15. The highest BCUT2D eigenvalue weighted by Gasteiger charge is 2.28. The molecule has 2 aromatic rings. The number of morpholine rings is 1. The number of anilines is 1. The van der Waals surface area contributed by atoms with Crippen LogP contribution in [-0.2, 0) is 19.6 Å². The number of sulfonamides is 1. The van der Waals surface area contributed by atoms with Crippen molar-refractivity contribution in [2.75, 3.05) is 31.6 Å². The van der Waals surface area contributed by atoms with Crippen LogP contribution in [-0.4, -0.2) is 56.9 Å². The highest BCUT2D eigenvalue weighted by Crippen LogP contribution is 2.28. The Morgan fingerprint density at radius 2 is 1.76 bits per heavy atom. The van der Waals surface area contributed by atoms with E-state index in [1.165, 1.54) is 22.5 Å². The molecule has 1 saturated heterocycles. The number of hydrogen-bond acceptors (Lipinski definition) is 5. The van der Waals surface area contributed by atoms with Gasteiger partial charge >= 0.3 is 0 Å². The van der Waals surface area contributed by atoms with Crippen LogP contribution in [0.2, 0.25) is 5.02 Å². The third kappa shape index (κ3) is 6.00. The molecule has 0 atom stereocenters. The van der Waals surface area contributed by atoms with Gasteiger partial charge in [-0.1, -0.05) is 23.7 Å². The fraction of sp³-hybridized carbons (Fsp3) is 0.304. The van der Waals surface area contributed by atoms with Crippen molar-refractivity contribution in [2.45, 2.75) is 23.8 Å². The molecular formula is C23H24ClN3O5S. The molecule has 2 N–H and O–H groups in total. The van der Waals surface area contributed by atoms with Gasteiger partial charge in [0, 0.05) is 36.5 Å². The number of halogens is 1. The average Bonchev–Trinajstić information content (AvgIpc) is 3.64. The zero-order valence-electron chi connectivity index (χ0n) is 17.8. The molecule has 2 amide bonds. The van der Waals surface area contributed by atoms with Gasteiger partial charge in [0.05, 0.1) is 18.2 Å². The summed E-state index contributed by atoms with van der Waals surface area (Å²) < 4.78 is 32.4.